The second-order valence-electron chi connectivity index (χ2n) is 9.07. The predicted octanol–water partition coefficient (Wildman–Crippen LogP) is 7.47. The molecule has 0 saturated heterocycles. The second kappa shape index (κ2) is 6.45. The maximum absolute atomic E-state index is 14.8. The first-order valence-corrected chi connectivity index (χ1v) is 10.6. The summed E-state index contributed by atoms with van der Waals surface area (Å²) in [6, 6.07) is 15.7. The summed E-state index contributed by atoms with van der Waals surface area (Å²) in [5, 5.41) is 4.49. The molecular formula is C27H21F2NO2. The minimum atomic E-state index is -0.726. The molecule has 4 aromatic rings. The van der Waals surface area contributed by atoms with E-state index in [0.29, 0.717) is 11.3 Å². The monoisotopic (exact) mass is 429 g/mol. The van der Waals surface area contributed by atoms with Crippen LogP contribution in [0.4, 0.5) is 14.5 Å². The van der Waals surface area contributed by atoms with Crippen LogP contribution in [0.5, 0.6) is 5.75 Å². The van der Waals surface area contributed by atoms with Crippen LogP contribution in [-0.2, 0) is 0 Å². The number of nitrogens with one attached hydrogen (secondary N) is 1. The fourth-order valence-electron chi connectivity index (χ4n) is 5.04. The van der Waals surface area contributed by atoms with Gasteiger partial charge in [-0.25, -0.2) is 8.78 Å². The number of allylic oxidation sites excluding steroid dienone is 1. The predicted molar refractivity (Wildman–Crippen MR) is 122 cm³/mol. The third kappa shape index (κ3) is 2.77. The molecule has 2 aliphatic rings. The number of halogens is 2. The van der Waals surface area contributed by atoms with Gasteiger partial charge in [0.2, 0.25) is 0 Å². The molecule has 0 amide bonds. The van der Waals surface area contributed by atoms with E-state index in [9.17, 15) is 8.78 Å². The Morgan fingerprint density at radius 3 is 2.59 bits per heavy atom. The molecule has 32 heavy (non-hydrogen) atoms. The van der Waals surface area contributed by atoms with Gasteiger partial charge in [0, 0.05) is 33.8 Å². The number of rotatable bonds is 1. The van der Waals surface area contributed by atoms with Crippen LogP contribution in [0.15, 0.2) is 65.1 Å². The minimum Gasteiger partial charge on any atom is -0.474 e. The molecule has 1 N–H and O–H groups in total. The minimum absolute atomic E-state index is 0.0371. The van der Waals surface area contributed by atoms with Gasteiger partial charge in [0.1, 0.15) is 11.4 Å². The van der Waals surface area contributed by atoms with Gasteiger partial charge in [-0.1, -0.05) is 30.3 Å². The van der Waals surface area contributed by atoms with E-state index < -0.39 is 17.7 Å². The zero-order valence-corrected chi connectivity index (χ0v) is 17.9. The lowest BCUT2D eigenvalue weighted by molar-refractivity contribution is 0.205. The molecule has 0 bridgehead atoms. The van der Waals surface area contributed by atoms with E-state index in [0.717, 1.165) is 45.0 Å². The summed E-state index contributed by atoms with van der Waals surface area (Å²) in [4.78, 5) is 0. The van der Waals surface area contributed by atoms with Crippen LogP contribution < -0.4 is 10.1 Å². The zero-order valence-electron chi connectivity index (χ0n) is 17.9. The molecular weight excluding hydrogens is 408 g/mol. The van der Waals surface area contributed by atoms with Crippen molar-refractivity contribution >= 4 is 22.2 Å². The number of furan rings is 1. The highest BCUT2D eigenvalue weighted by molar-refractivity contribution is 5.90. The molecule has 1 atom stereocenters. The lowest BCUT2D eigenvalue weighted by Gasteiger charge is -2.36. The Morgan fingerprint density at radius 1 is 0.969 bits per heavy atom. The van der Waals surface area contributed by atoms with Crippen molar-refractivity contribution < 1.29 is 17.9 Å². The number of para-hydroxylation sites is 1. The quantitative estimate of drug-likeness (QED) is 0.341. The third-order valence-corrected chi connectivity index (χ3v) is 6.17. The first kappa shape index (κ1) is 19.1. The molecule has 0 fully saturated rings. The number of ether oxygens (including phenoxy) is 1. The van der Waals surface area contributed by atoms with Gasteiger partial charge in [0.05, 0.1) is 5.54 Å². The van der Waals surface area contributed by atoms with Crippen molar-refractivity contribution in [2.75, 3.05) is 5.32 Å². The smallest absolute Gasteiger partial charge is 0.183 e. The molecule has 160 valence electrons. The molecule has 6 rings (SSSR count). The second-order valence-corrected chi connectivity index (χ2v) is 9.07. The van der Waals surface area contributed by atoms with Gasteiger partial charge in [-0.2, -0.15) is 0 Å². The van der Waals surface area contributed by atoms with Crippen LogP contribution >= 0.6 is 0 Å². The summed E-state index contributed by atoms with van der Waals surface area (Å²) in [6.45, 7) is 6.26. The van der Waals surface area contributed by atoms with Gasteiger partial charge < -0.3 is 14.5 Å². The first-order valence-electron chi connectivity index (χ1n) is 10.6. The third-order valence-electron chi connectivity index (χ3n) is 6.17. The highest BCUT2D eigenvalue weighted by Gasteiger charge is 2.37. The topological polar surface area (TPSA) is 34.4 Å². The molecule has 0 spiro atoms. The highest BCUT2D eigenvalue weighted by Crippen LogP contribution is 2.52. The summed E-state index contributed by atoms with van der Waals surface area (Å²) in [5.74, 6) is -0.749. The molecule has 3 heterocycles. The van der Waals surface area contributed by atoms with Gasteiger partial charge >= 0.3 is 0 Å². The van der Waals surface area contributed by atoms with Crippen molar-refractivity contribution in [3.05, 3.63) is 89.2 Å². The molecule has 1 unspecified atom stereocenters. The SMILES string of the molecule is CC1=CC(C)(C)Nc2ccc3c(c21)C(c1cc2ccccc2o1)Oc1c(F)cc(F)cc1-3. The van der Waals surface area contributed by atoms with Crippen LogP contribution in [0, 0.1) is 11.6 Å². The maximum Gasteiger partial charge on any atom is 0.183 e. The Hall–Kier alpha value is -3.60. The van der Waals surface area contributed by atoms with Gasteiger partial charge in [-0.3, -0.25) is 0 Å². The Balaban J connectivity index is 1.67. The van der Waals surface area contributed by atoms with E-state index in [-0.39, 0.29) is 11.3 Å². The summed E-state index contributed by atoms with van der Waals surface area (Å²) < 4.78 is 41.4. The van der Waals surface area contributed by atoms with E-state index in [1.807, 2.05) is 42.5 Å². The normalized spacial score (nSPS) is 18.2. The highest BCUT2D eigenvalue weighted by atomic mass is 19.1. The van der Waals surface area contributed by atoms with Crippen LogP contribution in [0.1, 0.15) is 43.8 Å². The maximum atomic E-state index is 14.8. The van der Waals surface area contributed by atoms with Gasteiger partial charge in [-0.05, 0) is 56.2 Å². The number of hydrogen-bond acceptors (Lipinski definition) is 3. The average Bonchev–Trinajstić information content (AvgIpc) is 3.15. The first-order chi connectivity index (χ1) is 15.3. The molecule has 5 heteroatoms. The van der Waals surface area contributed by atoms with E-state index in [4.69, 9.17) is 9.15 Å². The fraction of sp³-hybridized carbons (Fsp3) is 0.185. The lowest BCUT2D eigenvalue weighted by Crippen LogP contribution is -2.32. The Bertz CT molecular complexity index is 1410. The molecule has 2 aliphatic heterocycles. The van der Waals surface area contributed by atoms with Crippen LogP contribution in [0.2, 0.25) is 0 Å². The van der Waals surface area contributed by atoms with Gasteiger partial charge in [0.15, 0.2) is 23.4 Å². The number of hydrogen-bond donors (Lipinski definition) is 1. The molecule has 3 aromatic carbocycles. The fourth-order valence-corrected chi connectivity index (χ4v) is 5.04. The van der Waals surface area contributed by atoms with E-state index in [1.54, 1.807) is 0 Å². The Kier molecular flexibility index (Phi) is 3.85. The van der Waals surface area contributed by atoms with E-state index in [1.165, 1.54) is 6.07 Å². The average molecular weight is 429 g/mol. The van der Waals surface area contributed by atoms with Crippen LogP contribution in [0.3, 0.4) is 0 Å². The Labute approximate surface area is 184 Å². The summed E-state index contributed by atoms with van der Waals surface area (Å²) in [6.07, 6.45) is 1.48. The molecule has 0 radical (unpaired) electrons. The number of fused-ring (bicyclic) bond motifs is 6. The summed E-state index contributed by atoms with van der Waals surface area (Å²) in [7, 11) is 0. The van der Waals surface area contributed by atoms with E-state index in [2.05, 4.69) is 32.2 Å². The number of benzene rings is 3. The van der Waals surface area contributed by atoms with E-state index >= 15 is 0 Å². The van der Waals surface area contributed by atoms with Crippen molar-refractivity contribution in [2.45, 2.75) is 32.4 Å². The number of anilines is 1. The largest absolute Gasteiger partial charge is 0.474 e. The van der Waals surface area contributed by atoms with Crippen molar-refractivity contribution in [1.82, 2.24) is 0 Å². The molecule has 0 aliphatic carbocycles. The Morgan fingerprint density at radius 2 is 1.78 bits per heavy atom. The lowest BCUT2D eigenvalue weighted by atomic mass is 9.81. The van der Waals surface area contributed by atoms with Crippen molar-refractivity contribution in [3.8, 4) is 16.9 Å². The summed E-state index contributed by atoms with van der Waals surface area (Å²) >= 11 is 0. The van der Waals surface area contributed by atoms with Gasteiger partial charge in [-0.15, -0.1) is 0 Å². The van der Waals surface area contributed by atoms with Crippen LogP contribution in [-0.4, -0.2) is 5.54 Å². The summed E-state index contributed by atoms with van der Waals surface area (Å²) in [5.41, 5.74) is 5.51. The van der Waals surface area contributed by atoms with Crippen molar-refractivity contribution in [2.24, 2.45) is 0 Å². The van der Waals surface area contributed by atoms with Crippen LogP contribution in [0.25, 0.3) is 27.7 Å². The molecule has 0 saturated carbocycles. The standard InChI is InChI=1S/C27H21F2NO2/c1-14-13-27(2,3)30-20-9-8-17-18-11-16(28)12-19(29)25(18)32-26(24(17)23(14)20)22-10-15-6-4-5-7-21(15)31-22/h4-13,26,30H,1-3H3. The molecule has 3 nitrogen and oxygen atoms in total. The van der Waals surface area contributed by atoms with Crippen molar-refractivity contribution in [1.29, 1.82) is 0 Å². The zero-order chi connectivity index (χ0) is 22.2. The van der Waals surface area contributed by atoms with Gasteiger partial charge in [0.25, 0.3) is 0 Å². The van der Waals surface area contributed by atoms with Crippen molar-refractivity contribution in [3.63, 3.8) is 0 Å². The molecule has 1 aromatic heterocycles.